The van der Waals surface area contributed by atoms with Crippen molar-refractivity contribution < 1.29 is 14.3 Å². The molecule has 150 valence electrons. The fraction of sp³-hybridized carbons (Fsp3) is 0.318. The molecule has 6 nitrogen and oxygen atoms in total. The van der Waals surface area contributed by atoms with Crippen molar-refractivity contribution >= 4 is 17.2 Å². The number of methoxy groups -OCH3 is 2. The van der Waals surface area contributed by atoms with E-state index in [0.29, 0.717) is 11.5 Å². The minimum absolute atomic E-state index is 0.0677. The van der Waals surface area contributed by atoms with Gasteiger partial charge in [0.15, 0.2) is 5.01 Å². The Morgan fingerprint density at radius 3 is 2.41 bits per heavy atom. The smallest absolute Gasteiger partial charge is 0.253 e. The van der Waals surface area contributed by atoms with E-state index in [1.54, 1.807) is 25.6 Å². The number of likely N-dealkylation sites (tertiary alicyclic amines) is 1. The van der Waals surface area contributed by atoms with Gasteiger partial charge in [-0.25, -0.2) is 0 Å². The van der Waals surface area contributed by atoms with E-state index in [2.05, 4.69) is 10.2 Å². The minimum atomic E-state index is 0.0677. The third-order valence-electron chi connectivity index (χ3n) is 5.25. The topological polar surface area (TPSA) is 64.5 Å². The summed E-state index contributed by atoms with van der Waals surface area (Å²) in [5.41, 5.74) is 1.66. The summed E-state index contributed by atoms with van der Waals surface area (Å²) in [7, 11) is 3.28. The molecule has 0 atom stereocenters. The van der Waals surface area contributed by atoms with Gasteiger partial charge < -0.3 is 14.4 Å². The van der Waals surface area contributed by atoms with Crippen molar-refractivity contribution in [3.8, 4) is 22.1 Å². The predicted octanol–water partition coefficient (Wildman–Crippen LogP) is 4.24. The van der Waals surface area contributed by atoms with Crippen LogP contribution in [0, 0.1) is 0 Å². The first-order valence-corrected chi connectivity index (χ1v) is 10.4. The zero-order valence-electron chi connectivity index (χ0n) is 16.5. The molecule has 0 saturated carbocycles. The molecular weight excluding hydrogens is 386 g/mol. The molecule has 4 rings (SSSR count). The summed E-state index contributed by atoms with van der Waals surface area (Å²) in [5, 5.41) is 10.7. The largest absolute Gasteiger partial charge is 0.497 e. The molecule has 0 radical (unpaired) electrons. The summed E-state index contributed by atoms with van der Waals surface area (Å²) in [4.78, 5) is 14.7. The van der Waals surface area contributed by atoms with E-state index >= 15 is 0 Å². The molecule has 0 aliphatic carbocycles. The third kappa shape index (κ3) is 4.10. The van der Waals surface area contributed by atoms with Crippen LogP contribution in [0.25, 0.3) is 10.6 Å². The predicted molar refractivity (Wildman–Crippen MR) is 113 cm³/mol. The molecule has 2 aromatic carbocycles. The monoisotopic (exact) mass is 409 g/mol. The molecule has 1 fully saturated rings. The maximum Gasteiger partial charge on any atom is 0.253 e. The van der Waals surface area contributed by atoms with Crippen LogP contribution in [0.15, 0.2) is 48.5 Å². The van der Waals surface area contributed by atoms with Crippen LogP contribution in [0.3, 0.4) is 0 Å². The highest BCUT2D eigenvalue weighted by Crippen LogP contribution is 2.36. The highest BCUT2D eigenvalue weighted by Gasteiger charge is 2.27. The van der Waals surface area contributed by atoms with E-state index in [-0.39, 0.29) is 5.91 Å². The second-order valence-electron chi connectivity index (χ2n) is 6.94. The Bertz CT molecular complexity index is 979. The van der Waals surface area contributed by atoms with Gasteiger partial charge in [-0.1, -0.05) is 23.5 Å². The van der Waals surface area contributed by atoms with Crippen molar-refractivity contribution in [3.63, 3.8) is 0 Å². The maximum atomic E-state index is 12.7. The van der Waals surface area contributed by atoms with Gasteiger partial charge in [-0.3, -0.25) is 4.79 Å². The number of carbonyl (C=O) groups is 1. The molecule has 0 N–H and O–H groups in total. The molecule has 0 bridgehead atoms. The number of piperidine rings is 1. The summed E-state index contributed by atoms with van der Waals surface area (Å²) in [6, 6.07) is 15.1. The molecule has 2 heterocycles. The average molecular weight is 410 g/mol. The van der Waals surface area contributed by atoms with E-state index in [9.17, 15) is 4.79 Å². The Balaban J connectivity index is 1.41. The van der Waals surface area contributed by atoms with E-state index in [1.807, 2.05) is 53.4 Å². The first-order valence-electron chi connectivity index (χ1n) is 9.59. The van der Waals surface area contributed by atoms with Crippen molar-refractivity contribution in [1.82, 2.24) is 15.1 Å². The maximum absolute atomic E-state index is 12.7. The van der Waals surface area contributed by atoms with Crippen molar-refractivity contribution in [2.45, 2.75) is 18.8 Å². The van der Waals surface area contributed by atoms with Crippen molar-refractivity contribution in [1.29, 1.82) is 0 Å². The number of benzene rings is 2. The van der Waals surface area contributed by atoms with Crippen LogP contribution in [0.4, 0.5) is 0 Å². The number of para-hydroxylation sites is 1. The summed E-state index contributed by atoms with van der Waals surface area (Å²) >= 11 is 1.61. The van der Waals surface area contributed by atoms with Crippen LogP contribution < -0.4 is 9.47 Å². The van der Waals surface area contributed by atoms with Crippen LogP contribution in [0.2, 0.25) is 0 Å². The van der Waals surface area contributed by atoms with Crippen molar-refractivity contribution in [3.05, 3.63) is 59.1 Å². The molecule has 0 spiro atoms. The van der Waals surface area contributed by atoms with Gasteiger partial charge in [0.25, 0.3) is 5.91 Å². The Morgan fingerprint density at radius 2 is 1.72 bits per heavy atom. The van der Waals surface area contributed by atoms with Crippen LogP contribution >= 0.6 is 11.3 Å². The summed E-state index contributed by atoms with van der Waals surface area (Å²) in [5.74, 6) is 1.95. The SMILES string of the molecule is COc1ccc(C(=O)N2CCC(c3nnc(-c4ccccc4OC)s3)CC2)cc1. The highest BCUT2D eigenvalue weighted by atomic mass is 32.1. The van der Waals surface area contributed by atoms with Crippen molar-refractivity contribution in [2.24, 2.45) is 0 Å². The molecule has 29 heavy (non-hydrogen) atoms. The molecule has 1 aromatic heterocycles. The van der Waals surface area contributed by atoms with Gasteiger partial charge >= 0.3 is 0 Å². The number of nitrogens with zero attached hydrogens (tertiary/aromatic N) is 3. The lowest BCUT2D eigenvalue weighted by Gasteiger charge is -2.31. The Labute approximate surface area is 174 Å². The number of ether oxygens (including phenoxy) is 2. The molecule has 1 amide bonds. The number of hydrogen-bond acceptors (Lipinski definition) is 6. The molecule has 1 aliphatic heterocycles. The second-order valence-corrected chi connectivity index (χ2v) is 7.95. The Hall–Kier alpha value is -2.93. The average Bonchev–Trinajstić information content (AvgIpc) is 3.29. The molecule has 0 unspecified atom stereocenters. The quantitative estimate of drug-likeness (QED) is 0.631. The fourth-order valence-corrected chi connectivity index (χ4v) is 4.62. The van der Waals surface area contributed by atoms with E-state index in [4.69, 9.17) is 9.47 Å². The standard InChI is InChI=1S/C22H23N3O3S/c1-27-17-9-7-16(8-10-17)22(26)25-13-11-15(12-14-25)20-23-24-21(29-20)18-5-3-4-6-19(18)28-2/h3-10,15H,11-14H2,1-2H3. The zero-order valence-corrected chi connectivity index (χ0v) is 17.3. The molecule has 7 heteroatoms. The fourth-order valence-electron chi connectivity index (χ4n) is 3.58. The Morgan fingerprint density at radius 1 is 1.00 bits per heavy atom. The zero-order chi connectivity index (χ0) is 20.2. The van der Waals surface area contributed by atoms with Gasteiger partial charge in [0.1, 0.15) is 16.5 Å². The normalized spacial score (nSPS) is 14.6. The minimum Gasteiger partial charge on any atom is -0.497 e. The van der Waals surface area contributed by atoms with Gasteiger partial charge in [-0.2, -0.15) is 0 Å². The van der Waals surface area contributed by atoms with E-state index < -0.39 is 0 Å². The number of rotatable bonds is 5. The van der Waals surface area contributed by atoms with Gasteiger partial charge in [0.2, 0.25) is 0 Å². The summed E-state index contributed by atoms with van der Waals surface area (Å²) < 4.78 is 10.6. The van der Waals surface area contributed by atoms with Crippen LogP contribution in [-0.2, 0) is 0 Å². The van der Waals surface area contributed by atoms with Crippen molar-refractivity contribution in [2.75, 3.05) is 27.3 Å². The van der Waals surface area contributed by atoms with Crippen LogP contribution in [-0.4, -0.2) is 48.3 Å². The summed E-state index contributed by atoms with van der Waals surface area (Å²) in [6.07, 6.45) is 1.78. The third-order valence-corrected chi connectivity index (χ3v) is 6.37. The first kappa shape index (κ1) is 19.4. The van der Waals surface area contributed by atoms with E-state index in [1.165, 1.54) is 0 Å². The van der Waals surface area contributed by atoms with Gasteiger partial charge in [0.05, 0.1) is 19.8 Å². The lowest BCUT2D eigenvalue weighted by Crippen LogP contribution is -2.37. The van der Waals surface area contributed by atoms with Gasteiger partial charge in [0, 0.05) is 24.6 Å². The molecule has 1 saturated heterocycles. The van der Waals surface area contributed by atoms with Gasteiger partial charge in [-0.05, 0) is 49.2 Å². The molecular formula is C22H23N3O3S. The number of hydrogen-bond donors (Lipinski definition) is 0. The van der Waals surface area contributed by atoms with Crippen LogP contribution in [0.5, 0.6) is 11.5 Å². The van der Waals surface area contributed by atoms with E-state index in [0.717, 1.165) is 53.0 Å². The molecule has 1 aliphatic rings. The number of aromatic nitrogens is 2. The lowest BCUT2D eigenvalue weighted by molar-refractivity contribution is 0.0713. The van der Waals surface area contributed by atoms with Gasteiger partial charge in [-0.15, -0.1) is 10.2 Å². The Kier molecular flexibility index (Phi) is 5.76. The molecule has 3 aromatic rings. The lowest BCUT2D eigenvalue weighted by atomic mass is 9.97. The highest BCUT2D eigenvalue weighted by molar-refractivity contribution is 7.14. The second kappa shape index (κ2) is 8.61. The first-order chi connectivity index (χ1) is 14.2. The van der Waals surface area contributed by atoms with Crippen LogP contribution in [0.1, 0.15) is 34.1 Å². The summed E-state index contributed by atoms with van der Waals surface area (Å²) in [6.45, 7) is 1.44. The number of amides is 1. The number of carbonyl (C=O) groups excluding carboxylic acids is 1.